The van der Waals surface area contributed by atoms with Gasteiger partial charge in [0.05, 0.1) is 5.56 Å². The van der Waals surface area contributed by atoms with Crippen LogP contribution in [0.2, 0.25) is 0 Å². The molecule has 0 aliphatic carbocycles. The summed E-state index contributed by atoms with van der Waals surface area (Å²) in [5.74, 6) is 1.13. The fourth-order valence-electron chi connectivity index (χ4n) is 2.63. The Morgan fingerprint density at radius 1 is 1.38 bits per heavy atom. The molecule has 1 saturated heterocycles. The zero-order valence-electron chi connectivity index (χ0n) is 14.1. The van der Waals surface area contributed by atoms with Gasteiger partial charge in [0.25, 0.3) is 5.91 Å². The van der Waals surface area contributed by atoms with Gasteiger partial charge in [-0.05, 0) is 31.2 Å². The molecule has 0 aromatic carbocycles. The summed E-state index contributed by atoms with van der Waals surface area (Å²) >= 11 is 1.63. The number of nitrogens with one attached hydrogen (secondary N) is 1. The lowest BCUT2D eigenvalue weighted by atomic mass is 10.1. The molecule has 2 aromatic heterocycles. The van der Waals surface area contributed by atoms with Crippen molar-refractivity contribution in [3.8, 4) is 0 Å². The second kappa shape index (κ2) is 7.85. The van der Waals surface area contributed by atoms with Crippen LogP contribution < -0.4 is 5.32 Å². The van der Waals surface area contributed by atoms with E-state index in [1.807, 2.05) is 11.4 Å². The number of nitrogens with zero attached hydrogens (tertiary/aromatic N) is 2. The third-order valence-electron chi connectivity index (χ3n) is 4.10. The number of thiophene rings is 1. The summed E-state index contributed by atoms with van der Waals surface area (Å²) in [6.07, 6.45) is 6.81. The highest BCUT2D eigenvalue weighted by Crippen LogP contribution is 2.25. The molecule has 24 heavy (non-hydrogen) atoms. The lowest BCUT2D eigenvalue weighted by Crippen LogP contribution is -2.22. The highest BCUT2D eigenvalue weighted by molar-refractivity contribution is 7.10. The van der Waals surface area contributed by atoms with Gasteiger partial charge in [0.1, 0.15) is 6.10 Å². The first-order valence-corrected chi connectivity index (χ1v) is 9.30. The SMILES string of the molecule is CC(C)c1cc(C(=O)NCc2cnc([C@H]3CCCCO3)nc2)cs1. The van der Waals surface area contributed by atoms with Gasteiger partial charge in [-0.3, -0.25) is 4.79 Å². The average Bonchev–Trinajstić information content (AvgIpc) is 3.11. The Morgan fingerprint density at radius 2 is 2.17 bits per heavy atom. The summed E-state index contributed by atoms with van der Waals surface area (Å²) in [6.45, 7) is 5.47. The van der Waals surface area contributed by atoms with E-state index in [0.29, 0.717) is 12.5 Å². The van der Waals surface area contributed by atoms with Crippen molar-refractivity contribution in [1.29, 1.82) is 0 Å². The lowest BCUT2D eigenvalue weighted by molar-refractivity contribution is 0.00940. The highest BCUT2D eigenvalue weighted by Gasteiger charge is 2.18. The second-order valence-corrected chi connectivity index (χ2v) is 7.32. The smallest absolute Gasteiger partial charge is 0.252 e. The summed E-state index contributed by atoms with van der Waals surface area (Å²) < 4.78 is 5.69. The molecule has 3 heterocycles. The molecule has 1 amide bonds. The van der Waals surface area contributed by atoms with E-state index < -0.39 is 0 Å². The van der Waals surface area contributed by atoms with Gasteiger partial charge >= 0.3 is 0 Å². The van der Waals surface area contributed by atoms with E-state index in [4.69, 9.17) is 4.74 Å². The predicted molar refractivity (Wildman–Crippen MR) is 94.2 cm³/mol. The normalized spacial score (nSPS) is 17.9. The number of carbonyl (C=O) groups excluding carboxylic acids is 1. The molecule has 5 nitrogen and oxygen atoms in total. The fourth-order valence-corrected chi connectivity index (χ4v) is 3.53. The summed E-state index contributed by atoms with van der Waals surface area (Å²) in [4.78, 5) is 22.2. The van der Waals surface area contributed by atoms with Gasteiger partial charge < -0.3 is 10.1 Å². The van der Waals surface area contributed by atoms with Crippen LogP contribution in [0.5, 0.6) is 0 Å². The van der Waals surface area contributed by atoms with Crippen molar-refractivity contribution < 1.29 is 9.53 Å². The number of hydrogen-bond acceptors (Lipinski definition) is 5. The molecule has 2 aromatic rings. The Balaban J connectivity index is 1.54. The maximum atomic E-state index is 12.2. The summed E-state index contributed by atoms with van der Waals surface area (Å²) in [7, 11) is 0. The van der Waals surface area contributed by atoms with Crippen molar-refractivity contribution >= 4 is 17.2 Å². The molecule has 0 spiro atoms. The van der Waals surface area contributed by atoms with Gasteiger partial charge in [-0.15, -0.1) is 11.3 Å². The van der Waals surface area contributed by atoms with Crippen molar-refractivity contribution in [1.82, 2.24) is 15.3 Å². The summed E-state index contributed by atoms with van der Waals surface area (Å²) in [5.41, 5.74) is 1.61. The lowest BCUT2D eigenvalue weighted by Gasteiger charge is -2.21. The molecule has 1 N–H and O–H groups in total. The van der Waals surface area contributed by atoms with E-state index in [-0.39, 0.29) is 12.0 Å². The topological polar surface area (TPSA) is 64.1 Å². The zero-order valence-corrected chi connectivity index (χ0v) is 14.9. The molecule has 3 rings (SSSR count). The Hall–Kier alpha value is -1.79. The number of hydrogen-bond donors (Lipinski definition) is 1. The van der Waals surface area contributed by atoms with Crippen molar-refractivity contribution in [3.63, 3.8) is 0 Å². The third-order valence-corrected chi connectivity index (χ3v) is 5.33. The standard InChI is InChI=1S/C18H23N3O2S/c1-12(2)16-7-14(11-24-16)18(22)21-10-13-8-19-17(20-9-13)15-5-3-4-6-23-15/h7-9,11-12,15H,3-6,10H2,1-2H3,(H,21,22)/t15-/m1/s1. The van der Waals surface area contributed by atoms with Crippen LogP contribution in [0.25, 0.3) is 0 Å². The zero-order chi connectivity index (χ0) is 16.9. The van der Waals surface area contributed by atoms with E-state index in [9.17, 15) is 4.79 Å². The molecule has 1 fully saturated rings. The number of rotatable bonds is 5. The van der Waals surface area contributed by atoms with Gasteiger partial charge in [-0.25, -0.2) is 9.97 Å². The Morgan fingerprint density at radius 3 is 2.79 bits per heavy atom. The molecule has 128 valence electrons. The van der Waals surface area contributed by atoms with Crippen LogP contribution >= 0.6 is 11.3 Å². The molecule has 1 aliphatic heterocycles. The van der Waals surface area contributed by atoms with Crippen LogP contribution in [0.4, 0.5) is 0 Å². The van der Waals surface area contributed by atoms with Crippen molar-refractivity contribution in [2.45, 2.75) is 51.7 Å². The Kier molecular flexibility index (Phi) is 5.58. The van der Waals surface area contributed by atoms with Gasteiger partial charge in [0.15, 0.2) is 5.82 Å². The van der Waals surface area contributed by atoms with E-state index in [2.05, 4.69) is 29.1 Å². The monoisotopic (exact) mass is 345 g/mol. The second-order valence-electron chi connectivity index (χ2n) is 6.38. The van der Waals surface area contributed by atoms with Crippen LogP contribution in [0.15, 0.2) is 23.8 Å². The Labute approximate surface area is 146 Å². The number of ether oxygens (including phenoxy) is 1. The van der Waals surface area contributed by atoms with E-state index in [1.165, 1.54) is 4.88 Å². The molecular formula is C18H23N3O2S. The molecule has 0 bridgehead atoms. The fraction of sp³-hybridized carbons (Fsp3) is 0.500. The van der Waals surface area contributed by atoms with Crippen LogP contribution in [0, 0.1) is 0 Å². The minimum atomic E-state index is -0.0576. The first-order valence-electron chi connectivity index (χ1n) is 8.42. The first-order chi connectivity index (χ1) is 11.6. The molecule has 0 unspecified atom stereocenters. The molecule has 1 atom stereocenters. The maximum absolute atomic E-state index is 12.2. The Bertz CT molecular complexity index is 676. The third kappa shape index (κ3) is 4.19. The minimum Gasteiger partial charge on any atom is -0.370 e. The maximum Gasteiger partial charge on any atom is 0.252 e. The van der Waals surface area contributed by atoms with Crippen molar-refractivity contribution in [3.05, 3.63) is 45.7 Å². The van der Waals surface area contributed by atoms with Gasteiger partial charge in [-0.2, -0.15) is 0 Å². The van der Waals surface area contributed by atoms with Crippen LogP contribution in [-0.4, -0.2) is 22.5 Å². The van der Waals surface area contributed by atoms with Crippen LogP contribution in [0.1, 0.15) is 71.8 Å². The van der Waals surface area contributed by atoms with Crippen molar-refractivity contribution in [2.24, 2.45) is 0 Å². The van der Waals surface area contributed by atoms with Crippen molar-refractivity contribution in [2.75, 3.05) is 6.61 Å². The van der Waals surface area contributed by atoms with Gasteiger partial charge in [0, 0.05) is 41.4 Å². The van der Waals surface area contributed by atoms with Crippen LogP contribution in [-0.2, 0) is 11.3 Å². The number of carbonyl (C=O) groups is 1. The molecule has 1 aliphatic rings. The molecule has 6 heteroatoms. The van der Waals surface area contributed by atoms with E-state index >= 15 is 0 Å². The molecular weight excluding hydrogens is 322 g/mol. The molecule has 0 radical (unpaired) electrons. The number of aromatic nitrogens is 2. The van der Waals surface area contributed by atoms with Gasteiger partial charge in [-0.1, -0.05) is 13.8 Å². The minimum absolute atomic E-state index is 0.0163. The largest absolute Gasteiger partial charge is 0.370 e. The van der Waals surface area contributed by atoms with Gasteiger partial charge in [0.2, 0.25) is 0 Å². The van der Waals surface area contributed by atoms with E-state index in [0.717, 1.165) is 42.8 Å². The summed E-state index contributed by atoms with van der Waals surface area (Å²) in [6, 6.07) is 1.96. The first kappa shape index (κ1) is 17.0. The molecule has 0 saturated carbocycles. The van der Waals surface area contributed by atoms with Crippen LogP contribution in [0.3, 0.4) is 0 Å². The highest BCUT2D eigenvalue weighted by atomic mass is 32.1. The quantitative estimate of drug-likeness (QED) is 0.894. The predicted octanol–water partition coefficient (Wildman–Crippen LogP) is 3.83. The van der Waals surface area contributed by atoms with E-state index in [1.54, 1.807) is 23.7 Å². The average molecular weight is 345 g/mol. The summed E-state index contributed by atoms with van der Waals surface area (Å²) in [5, 5.41) is 4.83. The number of amides is 1.